The fraction of sp³-hybridized carbons (Fsp3) is 0.433. The van der Waals surface area contributed by atoms with Crippen molar-refractivity contribution in [2.24, 2.45) is 0 Å². The van der Waals surface area contributed by atoms with Gasteiger partial charge in [-0.1, -0.05) is 6.07 Å². The Hall–Kier alpha value is -3.84. The number of benzene rings is 1. The quantitative estimate of drug-likeness (QED) is 0.327. The van der Waals surface area contributed by atoms with Gasteiger partial charge in [0.2, 0.25) is 0 Å². The van der Waals surface area contributed by atoms with Crippen molar-refractivity contribution in [2.45, 2.75) is 75.4 Å². The molecule has 224 valence electrons. The summed E-state index contributed by atoms with van der Waals surface area (Å²) in [5.41, 5.74) is 2.95. The molecule has 0 radical (unpaired) electrons. The lowest BCUT2D eigenvalue weighted by atomic mass is 9.77. The van der Waals surface area contributed by atoms with Crippen LogP contribution in [0.5, 0.6) is 5.75 Å². The first kappa shape index (κ1) is 28.0. The first-order chi connectivity index (χ1) is 20.5. The van der Waals surface area contributed by atoms with Crippen molar-refractivity contribution in [1.29, 1.82) is 0 Å². The molecular formula is C30H31F2N7O3S. The molecule has 1 fully saturated rings. The monoisotopic (exact) mass is 607 g/mol. The fourth-order valence-corrected chi connectivity index (χ4v) is 7.24. The second kappa shape index (κ2) is 9.84. The standard InChI is InChI=1S/C30H31F2N7O3S/c1-29(2,3)43(41)37-30(9-6-10-30)27-34-13-16(14-35-27)18-11-20-19(15-33-18)36-25-22-12-21(39(20)25)24-17(26(40)38(22)4)7-5-8-23(24)42-28(31)32/h5,7-8,11,13-15,21-22,28,37H,6,9-10,12H2,1-4H3/t21-,22-,43?/m1/s1. The van der Waals surface area contributed by atoms with E-state index >= 15 is 0 Å². The van der Waals surface area contributed by atoms with Gasteiger partial charge >= 0.3 is 6.61 Å². The topological polar surface area (TPSA) is 115 Å². The van der Waals surface area contributed by atoms with Crippen molar-refractivity contribution in [3.05, 3.63) is 65.6 Å². The van der Waals surface area contributed by atoms with E-state index < -0.39 is 33.9 Å². The van der Waals surface area contributed by atoms with Gasteiger partial charge in [-0.3, -0.25) is 9.78 Å². The zero-order chi connectivity index (χ0) is 30.3. The summed E-state index contributed by atoms with van der Waals surface area (Å²) in [5.74, 6) is 0.997. The van der Waals surface area contributed by atoms with Gasteiger partial charge in [-0.15, -0.1) is 0 Å². The van der Waals surface area contributed by atoms with E-state index in [2.05, 4.69) is 19.7 Å². The third kappa shape index (κ3) is 4.43. The molecule has 0 saturated heterocycles. The van der Waals surface area contributed by atoms with Crippen LogP contribution >= 0.6 is 0 Å². The Labute approximate surface area is 249 Å². The summed E-state index contributed by atoms with van der Waals surface area (Å²) in [5, 5.41) is 0. The molecule has 4 aromatic rings. The number of rotatable bonds is 6. The Balaban J connectivity index is 1.28. The zero-order valence-electron chi connectivity index (χ0n) is 24.2. The Bertz CT molecular complexity index is 1780. The smallest absolute Gasteiger partial charge is 0.387 e. The van der Waals surface area contributed by atoms with E-state index in [0.29, 0.717) is 46.0 Å². The molecule has 3 aliphatic rings. The average molecular weight is 608 g/mol. The molecule has 1 unspecified atom stereocenters. The molecule has 1 aliphatic carbocycles. The lowest BCUT2D eigenvalue weighted by molar-refractivity contribution is -0.0507. The van der Waals surface area contributed by atoms with E-state index in [9.17, 15) is 17.8 Å². The highest BCUT2D eigenvalue weighted by molar-refractivity contribution is 7.84. The molecular weight excluding hydrogens is 576 g/mol. The molecule has 1 saturated carbocycles. The third-order valence-electron chi connectivity index (χ3n) is 8.72. The van der Waals surface area contributed by atoms with Crippen LogP contribution < -0.4 is 9.46 Å². The van der Waals surface area contributed by atoms with Gasteiger partial charge in [0, 0.05) is 42.6 Å². The number of carbonyl (C=O) groups is 1. The molecule has 2 bridgehead atoms. The SMILES string of the molecule is CN1C(=O)c2cccc(OC(F)F)c2[C@H]2C[C@@H]1c1nc3cnc(-c4cnc(C5(NS(=O)C(C)(C)C)CCC5)nc4)cc3n12. The number of nitrogens with one attached hydrogen (secondary N) is 1. The van der Waals surface area contributed by atoms with Gasteiger partial charge in [0.05, 0.1) is 50.8 Å². The molecule has 7 rings (SSSR count). The number of carbonyl (C=O) groups excluding carboxylic acids is 1. The van der Waals surface area contributed by atoms with Gasteiger partial charge in [-0.2, -0.15) is 8.78 Å². The van der Waals surface area contributed by atoms with E-state index in [1.54, 1.807) is 42.7 Å². The number of amides is 1. The Morgan fingerprint density at radius 3 is 2.51 bits per heavy atom. The van der Waals surface area contributed by atoms with E-state index in [1.165, 1.54) is 6.07 Å². The normalized spacial score (nSPS) is 21.4. The van der Waals surface area contributed by atoms with Crippen LogP contribution in [0.25, 0.3) is 22.3 Å². The number of imidazole rings is 1. The molecule has 3 aromatic heterocycles. The van der Waals surface area contributed by atoms with Crippen molar-refractivity contribution in [2.75, 3.05) is 7.05 Å². The maximum absolute atomic E-state index is 13.4. The summed E-state index contributed by atoms with van der Waals surface area (Å²) in [7, 11) is 0.442. The van der Waals surface area contributed by atoms with Crippen LogP contribution in [0.1, 0.15) is 86.1 Å². The van der Waals surface area contributed by atoms with Crippen molar-refractivity contribution in [1.82, 2.24) is 34.1 Å². The van der Waals surface area contributed by atoms with Crippen LogP contribution in [0, 0.1) is 0 Å². The van der Waals surface area contributed by atoms with Gasteiger partial charge in [-0.25, -0.2) is 23.9 Å². The Kier molecular flexibility index (Phi) is 6.40. The molecule has 1 aromatic carbocycles. The maximum Gasteiger partial charge on any atom is 0.387 e. The van der Waals surface area contributed by atoms with Crippen LogP contribution in [-0.4, -0.2) is 57.9 Å². The molecule has 2 aliphatic heterocycles. The second-order valence-corrected chi connectivity index (χ2v) is 14.4. The molecule has 1 N–H and O–H groups in total. The highest BCUT2D eigenvalue weighted by Crippen LogP contribution is 2.50. The summed E-state index contributed by atoms with van der Waals surface area (Å²) in [4.78, 5) is 33.8. The van der Waals surface area contributed by atoms with Crippen LogP contribution in [0.2, 0.25) is 0 Å². The summed E-state index contributed by atoms with van der Waals surface area (Å²) in [6.45, 7) is 2.76. The molecule has 43 heavy (non-hydrogen) atoms. The number of alkyl halides is 2. The molecule has 3 atom stereocenters. The number of nitrogens with zero attached hydrogens (tertiary/aromatic N) is 6. The van der Waals surface area contributed by atoms with Crippen molar-refractivity contribution in [3.63, 3.8) is 0 Å². The predicted molar refractivity (Wildman–Crippen MR) is 156 cm³/mol. The minimum absolute atomic E-state index is 0.0150. The maximum atomic E-state index is 13.4. The van der Waals surface area contributed by atoms with Gasteiger partial charge in [0.1, 0.15) is 22.9 Å². The lowest BCUT2D eigenvalue weighted by Gasteiger charge is -2.42. The highest BCUT2D eigenvalue weighted by atomic mass is 32.2. The molecule has 5 heterocycles. The molecule has 10 nitrogen and oxygen atoms in total. The van der Waals surface area contributed by atoms with Crippen LogP contribution in [0.15, 0.2) is 42.9 Å². The summed E-state index contributed by atoms with van der Waals surface area (Å²) >= 11 is 0. The van der Waals surface area contributed by atoms with E-state index in [4.69, 9.17) is 9.72 Å². The number of fused-ring (bicyclic) bond motifs is 9. The first-order valence-corrected chi connectivity index (χ1v) is 15.4. The van der Waals surface area contributed by atoms with Crippen LogP contribution in [0.4, 0.5) is 8.78 Å². The van der Waals surface area contributed by atoms with Crippen LogP contribution in [-0.2, 0) is 16.5 Å². The lowest BCUT2D eigenvalue weighted by Crippen LogP contribution is -2.53. The fourth-order valence-electron chi connectivity index (χ4n) is 6.28. The van der Waals surface area contributed by atoms with Crippen molar-refractivity contribution >= 4 is 27.9 Å². The first-order valence-electron chi connectivity index (χ1n) is 14.2. The number of ether oxygens (including phenoxy) is 1. The Morgan fingerprint density at radius 1 is 1.12 bits per heavy atom. The van der Waals surface area contributed by atoms with Gasteiger partial charge in [-0.05, 0) is 58.2 Å². The van der Waals surface area contributed by atoms with E-state index in [0.717, 1.165) is 24.8 Å². The summed E-state index contributed by atoms with van der Waals surface area (Å²) < 4.78 is 49.5. The van der Waals surface area contributed by atoms with Crippen molar-refractivity contribution < 1.29 is 22.5 Å². The summed E-state index contributed by atoms with van der Waals surface area (Å²) in [6, 6.07) is 5.80. The number of hydrogen-bond acceptors (Lipinski definition) is 7. The molecule has 1 amide bonds. The van der Waals surface area contributed by atoms with E-state index in [1.807, 2.05) is 31.4 Å². The van der Waals surface area contributed by atoms with Gasteiger partial charge < -0.3 is 14.2 Å². The minimum atomic E-state index is -3.03. The predicted octanol–water partition coefficient (Wildman–Crippen LogP) is 5.04. The van der Waals surface area contributed by atoms with Gasteiger partial charge in [0.15, 0.2) is 0 Å². The van der Waals surface area contributed by atoms with E-state index in [-0.39, 0.29) is 17.7 Å². The number of halogens is 2. The second-order valence-electron chi connectivity index (χ2n) is 12.4. The van der Waals surface area contributed by atoms with Gasteiger partial charge in [0.25, 0.3) is 5.91 Å². The number of aromatic nitrogens is 5. The Morgan fingerprint density at radius 2 is 1.86 bits per heavy atom. The van der Waals surface area contributed by atoms with Crippen LogP contribution in [0.3, 0.4) is 0 Å². The molecule has 13 heteroatoms. The number of hydrogen-bond donors (Lipinski definition) is 1. The molecule has 0 spiro atoms. The largest absolute Gasteiger partial charge is 0.434 e. The average Bonchev–Trinajstić information content (AvgIpc) is 3.47. The summed E-state index contributed by atoms with van der Waals surface area (Å²) in [6.07, 6.45) is 8.20. The van der Waals surface area contributed by atoms with Crippen molar-refractivity contribution in [3.8, 4) is 17.0 Å². The number of pyridine rings is 1. The highest BCUT2D eigenvalue weighted by Gasteiger charge is 2.46. The minimum Gasteiger partial charge on any atom is -0.434 e. The third-order valence-corrected chi connectivity index (χ3v) is 10.4. The zero-order valence-corrected chi connectivity index (χ0v) is 25.0.